The smallest absolute Gasteiger partial charge is 0.330 e. The molecule has 0 unspecified atom stereocenters. The lowest BCUT2D eigenvalue weighted by Gasteiger charge is -2.15. The van der Waals surface area contributed by atoms with Crippen LogP contribution in [0.4, 0.5) is 4.39 Å². The van der Waals surface area contributed by atoms with Crippen LogP contribution in [0.2, 0.25) is 5.02 Å². The van der Waals surface area contributed by atoms with Crippen molar-refractivity contribution in [1.29, 1.82) is 0 Å². The number of carbonyl (C=O) groups excluding carboxylic acids is 1. The summed E-state index contributed by atoms with van der Waals surface area (Å²) in [4.78, 5) is 23.4. The van der Waals surface area contributed by atoms with Crippen LogP contribution in [-0.2, 0) is 4.79 Å². The molecule has 0 aliphatic carbocycles. The van der Waals surface area contributed by atoms with Crippen LogP contribution >= 0.6 is 11.6 Å². The van der Waals surface area contributed by atoms with E-state index in [1.165, 1.54) is 12.1 Å². The second-order valence-corrected chi connectivity index (χ2v) is 4.66. The zero-order chi connectivity index (χ0) is 15.4. The van der Waals surface area contributed by atoms with Crippen LogP contribution in [0.1, 0.15) is 22.0 Å². The largest absolute Gasteiger partial charge is 0.479 e. The van der Waals surface area contributed by atoms with Crippen molar-refractivity contribution in [2.75, 3.05) is 0 Å². The quantitative estimate of drug-likeness (QED) is 0.912. The summed E-state index contributed by atoms with van der Waals surface area (Å²) in [6.07, 6.45) is 0. The summed E-state index contributed by atoms with van der Waals surface area (Å²) in [5.74, 6) is -2.94. The van der Waals surface area contributed by atoms with Crippen LogP contribution in [0.15, 0.2) is 48.5 Å². The number of carboxylic acids is 1. The molecular formula is C15H11ClFNO3. The number of hydrogen-bond acceptors (Lipinski definition) is 2. The Morgan fingerprint density at radius 3 is 2.33 bits per heavy atom. The van der Waals surface area contributed by atoms with E-state index in [2.05, 4.69) is 5.32 Å². The minimum absolute atomic E-state index is 0.0790. The van der Waals surface area contributed by atoms with Crippen molar-refractivity contribution >= 4 is 23.5 Å². The number of benzene rings is 2. The first-order valence-electron chi connectivity index (χ1n) is 6.03. The molecule has 2 N–H and O–H groups in total. The van der Waals surface area contributed by atoms with Gasteiger partial charge in [0.05, 0.1) is 10.6 Å². The number of nitrogens with one attached hydrogen (secondary N) is 1. The van der Waals surface area contributed by atoms with E-state index in [1.807, 2.05) is 0 Å². The van der Waals surface area contributed by atoms with Crippen LogP contribution in [-0.4, -0.2) is 17.0 Å². The van der Waals surface area contributed by atoms with Crippen LogP contribution in [0.3, 0.4) is 0 Å². The van der Waals surface area contributed by atoms with Crippen LogP contribution < -0.4 is 5.32 Å². The standard InChI is InChI=1S/C15H11ClFNO3/c16-10-7-4-8-11(17)12(10)14(19)18-13(15(20)21)9-5-2-1-3-6-9/h1-8,13H,(H,18,19)(H,20,21)/t13-/m0/s1. The minimum atomic E-state index is -1.28. The van der Waals surface area contributed by atoms with Crippen LogP contribution in [0.5, 0.6) is 0 Å². The number of halogens is 2. The third-order valence-corrected chi connectivity index (χ3v) is 3.16. The second-order valence-electron chi connectivity index (χ2n) is 4.25. The van der Waals surface area contributed by atoms with E-state index in [0.29, 0.717) is 5.56 Å². The highest BCUT2D eigenvalue weighted by Gasteiger charge is 2.25. The first-order chi connectivity index (χ1) is 10.0. The van der Waals surface area contributed by atoms with Crippen molar-refractivity contribution in [1.82, 2.24) is 5.32 Å². The van der Waals surface area contributed by atoms with Crippen molar-refractivity contribution < 1.29 is 19.1 Å². The fourth-order valence-electron chi connectivity index (χ4n) is 1.85. The zero-order valence-corrected chi connectivity index (χ0v) is 11.5. The van der Waals surface area contributed by atoms with Crippen molar-refractivity contribution in [3.05, 3.63) is 70.5 Å². The molecule has 0 saturated carbocycles. The van der Waals surface area contributed by atoms with Gasteiger partial charge >= 0.3 is 5.97 Å². The first-order valence-corrected chi connectivity index (χ1v) is 6.41. The SMILES string of the molecule is O=C(N[C@H](C(=O)O)c1ccccc1)c1c(F)cccc1Cl. The Balaban J connectivity index is 2.30. The molecule has 1 amide bonds. The highest BCUT2D eigenvalue weighted by Crippen LogP contribution is 2.20. The predicted molar refractivity (Wildman–Crippen MR) is 75.7 cm³/mol. The molecule has 0 heterocycles. The molecule has 0 spiro atoms. The summed E-state index contributed by atoms with van der Waals surface area (Å²) in [5, 5.41) is 11.4. The van der Waals surface area contributed by atoms with Gasteiger partial charge in [-0.1, -0.05) is 48.0 Å². The molecule has 1 atom stereocenters. The van der Waals surface area contributed by atoms with Gasteiger partial charge in [0.1, 0.15) is 5.82 Å². The summed E-state index contributed by atoms with van der Waals surface area (Å²) in [5.41, 5.74) is 0.00663. The summed E-state index contributed by atoms with van der Waals surface area (Å²) in [6, 6.07) is 10.6. The first kappa shape index (κ1) is 15.0. The van der Waals surface area contributed by atoms with E-state index >= 15 is 0 Å². The molecular weight excluding hydrogens is 297 g/mol. The Morgan fingerprint density at radius 1 is 1.10 bits per heavy atom. The third-order valence-electron chi connectivity index (χ3n) is 2.85. The Bertz CT molecular complexity index is 656. The lowest BCUT2D eigenvalue weighted by atomic mass is 10.1. The van der Waals surface area contributed by atoms with E-state index in [9.17, 15) is 19.1 Å². The Labute approximate surface area is 125 Å². The van der Waals surface area contributed by atoms with Gasteiger partial charge in [0.25, 0.3) is 5.91 Å². The third kappa shape index (κ3) is 3.38. The summed E-state index contributed by atoms with van der Waals surface area (Å²) < 4.78 is 13.7. The number of aliphatic carboxylic acids is 1. The summed E-state index contributed by atoms with van der Waals surface area (Å²) in [7, 11) is 0. The van der Waals surface area contributed by atoms with Crippen molar-refractivity contribution in [2.45, 2.75) is 6.04 Å². The fourth-order valence-corrected chi connectivity index (χ4v) is 2.10. The molecule has 0 fully saturated rings. The highest BCUT2D eigenvalue weighted by atomic mass is 35.5. The lowest BCUT2D eigenvalue weighted by molar-refractivity contribution is -0.139. The molecule has 0 aliphatic heterocycles. The Morgan fingerprint density at radius 2 is 1.76 bits per heavy atom. The van der Waals surface area contributed by atoms with Gasteiger partial charge in [0.2, 0.25) is 0 Å². The number of amides is 1. The molecule has 0 radical (unpaired) electrons. The Kier molecular flexibility index (Phi) is 4.55. The molecule has 2 rings (SSSR count). The van der Waals surface area contributed by atoms with E-state index in [1.54, 1.807) is 30.3 Å². The molecule has 6 heteroatoms. The average Bonchev–Trinajstić information content (AvgIpc) is 2.45. The lowest BCUT2D eigenvalue weighted by Crippen LogP contribution is -2.34. The fraction of sp³-hybridized carbons (Fsp3) is 0.0667. The van der Waals surface area contributed by atoms with E-state index in [0.717, 1.165) is 6.07 Å². The van der Waals surface area contributed by atoms with Crippen molar-refractivity contribution in [2.24, 2.45) is 0 Å². The number of carbonyl (C=O) groups is 2. The highest BCUT2D eigenvalue weighted by molar-refractivity contribution is 6.33. The van der Waals surface area contributed by atoms with Crippen LogP contribution in [0.25, 0.3) is 0 Å². The number of rotatable bonds is 4. The maximum Gasteiger partial charge on any atom is 0.330 e. The van der Waals surface area contributed by atoms with Gasteiger partial charge in [-0.2, -0.15) is 0 Å². The predicted octanol–water partition coefficient (Wildman–Crippen LogP) is 3.03. The molecule has 2 aromatic carbocycles. The number of hydrogen-bond donors (Lipinski definition) is 2. The Hall–Kier alpha value is -2.40. The van der Waals surface area contributed by atoms with Gasteiger partial charge in [-0.3, -0.25) is 4.79 Å². The normalized spacial score (nSPS) is 11.7. The van der Waals surface area contributed by atoms with E-state index in [-0.39, 0.29) is 10.6 Å². The van der Waals surface area contributed by atoms with Gasteiger partial charge < -0.3 is 10.4 Å². The van der Waals surface area contributed by atoms with Gasteiger partial charge in [0.15, 0.2) is 6.04 Å². The maximum absolute atomic E-state index is 13.7. The molecule has 2 aromatic rings. The van der Waals surface area contributed by atoms with Gasteiger partial charge in [-0.05, 0) is 17.7 Å². The van der Waals surface area contributed by atoms with Gasteiger partial charge in [-0.25, -0.2) is 9.18 Å². The number of carboxylic acid groups (broad SMARTS) is 1. The van der Waals surface area contributed by atoms with E-state index in [4.69, 9.17) is 11.6 Å². The van der Waals surface area contributed by atoms with Crippen molar-refractivity contribution in [3.63, 3.8) is 0 Å². The van der Waals surface area contributed by atoms with Gasteiger partial charge in [-0.15, -0.1) is 0 Å². The molecule has 108 valence electrons. The van der Waals surface area contributed by atoms with Gasteiger partial charge in [0, 0.05) is 0 Å². The van der Waals surface area contributed by atoms with E-state index < -0.39 is 23.7 Å². The molecule has 0 aliphatic rings. The molecule has 0 aromatic heterocycles. The average molecular weight is 308 g/mol. The molecule has 4 nitrogen and oxygen atoms in total. The second kappa shape index (κ2) is 6.37. The maximum atomic E-state index is 13.7. The topological polar surface area (TPSA) is 66.4 Å². The molecule has 0 bridgehead atoms. The molecule has 0 saturated heterocycles. The summed E-state index contributed by atoms with van der Waals surface area (Å²) >= 11 is 5.79. The van der Waals surface area contributed by atoms with Crippen molar-refractivity contribution in [3.8, 4) is 0 Å². The van der Waals surface area contributed by atoms with Crippen LogP contribution in [0, 0.1) is 5.82 Å². The zero-order valence-electron chi connectivity index (χ0n) is 10.7. The monoisotopic (exact) mass is 307 g/mol. The minimum Gasteiger partial charge on any atom is -0.479 e. The summed E-state index contributed by atoms with van der Waals surface area (Å²) in [6.45, 7) is 0. The molecule has 21 heavy (non-hydrogen) atoms.